The van der Waals surface area contributed by atoms with Crippen LogP contribution in [0.3, 0.4) is 0 Å². The minimum Gasteiger partial charge on any atom is -0.493 e. The third kappa shape index (κ3) is 4.96. The average molecular weight is 448 g/mol. The summed E-state index contributed by atoms with van der Waals surface area (Å²) in [6, 6.07) is 8.78. The molecule has 0 saturated carbocycles. The van der Waals surface area contributed by atoms with Crippen LogP contribution >= 0.6 is 11.6 Å². The van der Waals surface area contributed by atoms with Crippen LogP contribution < -0.4 is 9.47 Å². The molecule has 1 heterocycles. The number of benzene rings is 2. The number of nitro groups is 1. The molecule has 0 radical (unpaired) electrons. The van der Waals surface area contributed by atoms with Gasteiger partial charge in [0.2, 0.25) is 0 Å². The lowest BCUT2D eigenvalue weighted by Gasteiger charge is -2.34. The van der Waals surface area contributed by atoms with E-state index in [4.69, 9.17) is 25.8 Å². The Balaban J connectivity index is 1.88. The first-order valence-electron chi connectivity index (χ1n) is 9.58. The van der Waals surface area contributed by atoms with Gasteiger partial charge in [-0.25, -0.2) is 4.79 Å². The van der Waals surface area contributed by atoms with E-state index in [1.165, 1.54) is 12.1 Å². The Bertz CT molecular complexity index is 1030. The van der Waals surface area contributed by atoms with Gasteiger partial charge >= 0.3 is 11.7 Å². The molecule has 9 heteroatoms. The Kier molecular flexibility index (Phi) is 6.22. The molecule has 2 aromatic rings. The van der Waals surface area contributed by atoms with E-state index in [-0.39, 0.29) is 24.5 Å². The first kappa shape index (κ1) is 22.6. The van der Waals surface area contributed by atoms with Crippen LogP contribution in [0.5, 0.6) is 11.5 Å². The van der Waals surface area contributed by atoms with Crippen molar-refractivity contribution in [1.82, 2.24) is 0 Å². The summed E-state index contributed by atoms with van der Waals surface area (Å²) in [5.74, 6) is -0.258. The fourth-order valence-corrected chi connectivity index (χ4v) is 3.43. The first-order valence-corrected chi connectivity index (χ1v) is 9.96. The van der Waals surface area contributed by atoms with Gasteiger partial charge in [-0.15, -0.1) is 0 Å². The fraction of sp³-hybridized carbons (Fsp3) is 0.364. The number of hydrogen-bond acceptors (Lipinski definition) is 7. The fourth-order valence-electron chi connectivity index (χ4n) is 3.26. The number of rotatable bonds is 6. The number of nitrogens with zero attached hydrogens (tertiary/aromatic N) is 1. The molecule has 1 atom stereocenters. The Morgan fingerprint density at radius 3 is 2.68 bits per heavy atom. The van der Waals surface area contributed by atoms with Gasteiger partial charge in [-0.1, -0.05) is 17.7 Å². The second kappa shape index (κ2) is 8.55. The molecule has 0 bridgehead atoms. The van der Waals surface area contributed by atoms with Crippen molar-refractivity contribution in [2.24, 2.45) is 0 Å². The summed E-state index contributed by atoms with van der Waals surface area (Å²) in [6.45, 7) is 5.24. The third-order valence-corrected chi connectivity index (χ3v) is 5.02. The monoisotopic (exact) mass is 447 g/mol. The summed E-state index contributed by atoms with van der Waals surface area (Å²) in [5.41, 5.74) is -1.55. The van der Waals surface area contributed by atoms with Gasteiger partial charge in [-0.2, -0.15) is 0 Å². The van der Waals surface area contributed by atoms with Gasteiger partial charge in [0.05, 0.1) is 22.5 Å². The van der Waals surface area contributed by atoms with Crippen molar-refractivity contribution in [1.29, 1.82) is 0 Å². The number of carbonyl (C=O) groups is 2. The van der Waals surface area contributed by atoms with Crippen LogP contribution in [0.4, 0.5) is 5.69 Å². The molecule has 3 rings (SSSR count). The van der Waals surface area contributed by atoms with Crippen molar-refractivity contribution in [3.8, 4) is 11.5 Å². The number of carbonyl (C=O) groups excluding carboxylic acids is 2. The van der Waals surface area contributed by atoms with E-state index in [1.807, 2.05) is 0 Å². The molecule has 8 nitrogen and oxygen atoms in total. The largest absolute Gasteiger partial charge is 0.493 e. The van der Waals surface area contributed by atoms with Gasteiger partial charge in [0.25, 0.3) is 0 Å². The molecule has 1 aliphatic heterocycles. The second-order valence-electron chi connectivity index (χ2n) is 8.24. The maximum absolute atomic E-state index is 12.3. The standard InChI is InChI=1S/C22H22ClNO7/c1-21(2,3)31-20(26)14-4-7-18(17(10-14)24(27)28)30-13-22(12-25)8-9-29-19-11-15(23)5-6-16(19)22/h4-7,10-12H,8-9,13H2,1-3H3. The van der Waals surface area contributed by atoms with Gasteiger partial charge in [0.15, 0.2) is 5.75 Å². The normalized spacial score (nSPS) is 17.8. The van der Waals surface area contributed by atoms with E-state index in [1.54, 1.807) is 39.0 Å². The van der Waals surface area contributed by atoms with Crippen LogP contribution in [0, 0.1) is 10.1 Å². The van der Waals surface area contributed by atoms with Crippen molar-refractivity contribution < 1.29 is 28.7 Å². The molecule has 0 aromatic heterocycles. The highest BCUT2D eigenvalue weighted by molar-refractivity contribution is 6.30. The quantitative estimate of drug-likeness (QED) is 0.278. The highest BCUT2D eigenvalue weighted by Crippen LogP contribution is 2.40. The minimum absolute atomic E-state index is 0.0325. The molecule has 0 aliphatic carbocycles. The average Bonchev–Trinajstić information content (AvgIpc) is 2.70. The van der Waals surface area contributed by atoms with E-state index in [2.05, 4.69) is 0 Å². The van der Waals surface area contributed by atoms with Crippen molar-refractivity contribution in [3.05, 3.63) is 62.7 Å². The summed E-state index contributed by atoms with van der Waals surface area (Å²) < 4.78 is 16.6. The molecular formula is C22H22ClNO7. The van der Waals surface area contributed by atoms with Crippen molar-refractivity contribution in [2.45, 2.75) is 38.2 Å². The summed E-state index contributed by atoms with van der Waals surface area (Å²) in [4.78, 5) is 35.3. The van der Waals surface area contributed by atoms with E-state index < -0.39 is 27.6 Å². The van der Waals surface area contributed by atoms with Crippen LogP contribution in [-0.4, -0.2) is 36.0 Å². The molecule has 31 heavy (non-hydrogen) atoms. The van der Waals surface area contributed by atoms with Gasteiger partial charge in [-0.3, -0.25) is 10.1 Å². The maximum atomic E-state index is 12.3. The molecule has 0 saturated heterocycles. The van der Waals surface area contributed by atoms with Gasteiger partial charge < -0.3 is 19.0 Å². The van der Waals surface area contributed by atoms with Crippen LogP contribution in [0.1, 0.15) is 43.1 Å². The summed E-state index contributed by atoms with van der Waals surface area (Å²) in [7, 11) is 0. The molecule has 1 aliphatic rings. The molecule has 164 valence electrons. The lowest BCUT2D eigenvalue weighted by atomic mass is 9.78. The van der Waals surface area contributed by atoms with Gasteiger partial charge in [0, 0.05) is 23.1 Å². The highest BCUT2D eigenvalue weighted by atomic mass is 35.5. The zero-order valence-electron chi connectivity index (χ0n) is 17.3. The van der Waals surface area contributed by atoms with Gasteiger partial charge in [0.1, 0.15) is 24.2 Å². The lowest BCUT2D eigenvalue weighted by molar-refractivity contribution is -0.386. The number of nitro benzene ring substituents is 1. The minimum atomic E-state index is -1.05. The molecular weight excluding hydrogens is 426 g/mol. The van der Waals surface area contributed by atoms with E-state index in [9.17, 15) is 19.7 Å². The van der Waals surface area contributed by atoms with Gasteiger partial charge in [-0.05, 0) is 45.0 Å². The highest BCUT2D eigenvalue weighted by Gasteiger charge is 2.39. The number of esters is 1. The van der Waals surface area contributed by atoms with E-state index in [0.717, 1.165) is 12.4 Å². The molecule has 0 N–H and O–H groups in total. The van der Waals surface area contributed by atoms with Crippen LogP contribution in [0.2, 0.25) is 5.02 Å². The predicted molar refractivity (Wildman–Crippen MR) is 113 cm³/mol. The summed E-state index contributed by atoms with van der Waals surface area (Å²) in [5, 5.41) is 12.1. The summed E-state index contributed by atoms with van der Waals surface area (Å²) in [6.07, 6.45) is 1.11. The first-order chi connectivity index (χ1) is 14.5. The van der Waals surface area contributed by atoms with Crippen molar-refractivity contribution in [2.75, 3.05) is 13.2 Å². The molecule has 2 aromatic carbocycles. The van der Waals surface area contributed by atoms with E-state index in [0.29, 0.717) is 22.8 Å². The van der Waals surface area contributed by atoms with Crippen LogP contribution in [-0.2, 0) is 14.9 Å². The zero-order valence-corrected chi connectivity index (χ0v) is 18.1. The zero-order chi connectivity index (χ0) is 22.8. The summed E-state index contributed by atoms with van der Waals surface area (Å²) >= 11 is 6.01. The maximum Gasteiger partial charge on any atom is 0.338 e. The van der Waals surface area contributed by atoms with Crippen molar-refractivity contribution in [3.63, 3.8) is 0 Å². The number of aldehydes is 1. The Labute approximate surface area is 184 Å². The third-order valence-electron chi connectivity index (χ3n) is 4.79. The smallest absolute Gasteiger partial charge is 0.338 e. The molecule has 0 amide bonds. The topological polar surface area (TPSA) is 105 Å². The molecule has 0 fully saturated rings. The Hall–Kier alpha value is -3.13. The number of hydrogen-bond donors (Lipinski definition) is 0. The number of fused-ring (bicyclic) bond motifs is 1. The SMILES string of the molecule is CC(C)(C)OC(=O)c1ccc(OCC2(C=O)CCOc3cc(Cl)ccc32)c([N+](=O)[O-])c1. The molecule has 0 spiro atoms. The number of ether oxygens (including phenoxy) is 3. The molecule has 1 unspecified atom stereocenters. The Morgan fingerprint density at radius 1 is 1.29 bits per heavy atom. The second-order valence-corrected chi connectivity index (χ2v) is 8.68. The van der Waals surface area contributed by atoms with Crippen LogP contribution in [0.15, 0.2) is 36.4 Å². The number of halogens is 1. The van der Waals surface area contributed by atoms with E-state index >= 15 is 0 Å². The van der Waals surface area contributed by atoms with Crippen molar-refractivity contribution >= 4 is 29.5 Å². The van der Waals surface area contributed by atoms with Crippen LogP contribution in [0.25, 0.3) is 0 Å². The lowest BCUT2D eigenvalue weighted by Crippen LogP contribution is -2.40. The Morgan fingerprint density at radius 2 is 2.03 bits per heavy atom. The predicted octanol–water partition coefficient (Wildman–Crippen LogP) is 4.50.